The normalized spacial score (nSPS) is 10.3. The van der Waals surface area contributed by atoms with E-state index in [-0.39, 0.29) is 0 Å². The highest BCUT2D eigenvalue weighted by atomic mass is 35.5. The smallest absolute Gasteiger partial charge is 0.140 e. The second-order valence-corrected chi connectivity index (χ2v) is 3.89. The molecule has 0 spiro atoms. The molecular formula is C11H8Cl2N2. The maximum atomic E-state index is 6.00. The Bertz CT molecular complexity index is 498. The first-order valence-electron chi connectivity index (χ1n) is 4.42. The van der Waals surface area contributed by atoms with Gasteiger partial charge in [-0.1, -0.05) is 29.3 Å². The van der Waals surface area contributed by atoms with Crippen LogP contribution < -0.4 is 0 Å². The van der Waals surface area contributed by atoms with Crippen LogP contribution in [0.25, 0.3) is 11.3 Å². The van der Waals surface area contributed by atoms with Crippen LogP contribution >= 0.6 is 23.2 Å². The van der Waals surface area contributed by atoms with Gasteiger partial charge in [-0.2, -0.15) is 0 Å². The van der Waals surface area contributed by atoms with Crippen molar-refractivity contribution in [1.82, 2.24) is 9.97 Å². The number of hydrogen-bond donors (Lipinski definition) is 0. The molecule has 4 heteroatoms. The number of pyridine rings is 2. The van der Waals surface area contributed by atoms with E-state index in [1.807, 2.05) is 25.1 Å². The summed E-state index contributed by atoms with van der Waals surface area (Å²) >= 11 is 11.7. The number of hydrogen-bond acceptors (Lipinski definition) is 2. The number of rotatable bonds is 1. The van der Waals surface area contributed by atoms with Crippen LogP contribution in [0.15, 0.2) is 30.5 Å². The van der Waals surface area contributed by atoms with Crippen molar-refractivity contribution in [3.63, 3.8) is 0 Å². The van der Waals surface area contributed by atoms with Crippen molar-refractivity contribution in [3.05, 3.63) is 46.3 Å². The average Bonchev–Trinajstić information content (AvgIpc) is 2.20. The van der Waals surface area contributed by atoms with Gasteiger partial charge in [0.25, 0.3) is 0 Å². The minimum Gasteiger partial charge on any atom is -0.256 e. The van der Waals surface area contributed by atoms with Gasteiger partial charge in [-0.05, 0) is 30.7 Å². The summed E-state index contributed by atoms with van der Waals surface area (Å²) in [6, 6.07) is 7.40. The van der Waals surface area contributed by atoms with E-state index in [4.69, 9.17) is 23.2 Å². The van der Waals surface area contributed by atoms with Crippen molar-refractivity contribution in [1.29, 1.82) is 0 Å². The summed E-state index contributed by atoms with van der Waals surface area (Å²) < 4.78 is 0. The van der Waals surface area contributed by atoms with Crippen LogP contribution in [0, 0.1) is 6.92 Å². The highest BCUT2D eigenvalue weighted by Gasteiger charge is 2.08. The number of halogens is 2. The largest absolute Gasteiger partial charge is 0.256 e. The minimum absolute atomic E-state index is 0.379. The molecule has 15 heavy (non-hydrogen) atoms. The Morgan fingerprint density at radius 3 is 2.60 bits per heavy atom. The third-order valence-electron chi connectivity index (χ3n) is 2.08. The van der Waals surface area contributed by atoms with Gasteiger partial charge in [0.2, 0.25) is 0 Å². The molecule has 76 valence electrons. The molecule has 0 aliphatic carbocycles. The van der Waals surface area contributed by atoms with Gasteiger partial charge in [-0.25, -0.2) is 4.98 Å². The van der Waals surface area contributed by atoms with Crippen LogP contribution in [-0.2, 0) is 0 Å². The van der Waals surface area contributed by atoms with Gasteiger partial charge in [0.05, 0.1) is 5.69 Å². The highest BCUT2D eigenvalue weighted by molar-refractivity contribution is 6.34. The molecule has 0 atom stereocenters. The van der Waals surface area contributed by atoms with Crippen LogP contribution in [0.1, 0.15) is 5.56 Å². The molecule has 0 aliphatic heterocycles. The Morgan fingerprint density at radius 1 is 1.13 bits per heavy atom. The SMILES string of the molecule is Cc1cccnc1-c1ccc(Cl)nc1Cl. The molecule has 2 rings (SSSR count). The summed E-state index contributed by atoms with van der Waals surface area (Å²) in [6.07, 6.45) is 1.73. The highest BCUT2D eigenvalue weighted by Crippen LogP contribution is 2.27. The van der Waals surface area contributed by atoms with E-state index < -0.39 is 0 Å². The molecule has 0 fully saturated rings. The van der Waals surface area contributed by atoms with E-state index >= 15 is 0 Å². The summed E-state index contributed by atoms with van der Waals surface area (Å²) in [5.74, 6) is 0. The van der Waals surface area contributed by atoms with Crippen LogP contribution in [-0.4, -0.2) is 9.97 Å². The van der Waals surface area contributed by atoms with Gasteiger partial charge in [-0.15, -0.1) is 0 Å². The second kappa shape index (κ2) is 4.17. The van der Waals surface area contributed by atoms with Gasteiger partial charge in [0.1, 0.15) is 10.3 Å². The van der Waals surface area contributed by atoms with E-state index in [0.29, 0.717) is 10.3 Å². The Balaban J connectivity index is 2.60. The van der Waals surface area contributed by atoms with Crippen molar-refractivity contribution >= 4 is 23.2 Å². The topological polar surface area (TPSA) is 25.8 Å². The van der Waals surface area contributed by atoms with Crippen molar-refractivity contribution < 1.29 is 0 Å². The zero-order chi connectivity index (χ0) is 10.8. The van der Waals surface area contributed by atoms with Gasteiger partial charge >= 0.3 is 0 Å². The van der Waals surface area contributed by atoms with Crippen LogP contribution in [0.4, 0.5) is 0 Å². The van der Waals surface area contributed by atoms with E-state index in [1.54, 1.807) is 12.3 Å². The summed E-state index contributed by atoms with van der Waals surface area (Å²) in [5, 5.41) is 0.765. The third-order valence-corrected chi connectivity index (χ3v) is 2.58. The fourth-order valence-corrected chi connectivity index (χ4v) is 1.79. The Labute approximate surface area is 97.9 Å². The van der Waals surface area contributed by atoms with Crippen molar-refractivity contribution in [2.75, 3.05) is 0 Å². The van der Waals surface area contributed by atoms with Crippen LogP contribution in [0.3, 0.4) is 0 Å². The molecule has 0 amide bonds. The van der Waals surface area contributed by atoms with Gasteiger partial charge in [0, 0.05) is 11.8 Å². The lowest BCUT2D eigenvalue weighted by Crippen LogP contribution is -1.90. The molecule has 0 aliphatic rings. The maximum absolute atomic E-state index is 6.00. The Morgan fingerprint density at radius 2 is 1.93 bits per heavy atom. The standard InChI is InChI=1S/C11H8Cl2N2/c1-7-3-2-6-14-10(7)8-4-5-9(12)15-11(8)13/h2-6H,1H3. The maximum Gasteiger partial charge on any atom is 0.140 e. The minimum atomic E-state index is 0.379. The lowest BCUT2D eigenvalue weighted by atomic mass is 10.1. The third kappa shape index (κ3) is 2.11. The predicted molar refractivity (Wildman–Crippen MR) is 62.2 cm³/mol. The molecule has 0 saturated carbocycles. The van der Waals surface area contributed by atoms with Gasteiger partial charge in [0.15, 0.2) is 0 Å². The Hall–Kier alpha value is -1.12. The molecule has 0 unspecified atom stereocenters. The first-order valence-corrected chi connectivity index (χ1v) is 5.18. The predicted octanol–water partition coefficient (Wildman–Crippen LogP) is 3.76. The summed E-state index contributed by atoms with van der Waals surface area (Å²) in [6.45, 7) is 1.98. The van der Waals surface area contributed by atoms with Gasteiger partial charge < -0.3 is 0 Å². The average molecular weight is 239 g/mol. The summed E-state index contributed by atoms with van der Waals surface area (Å²) in [5.41, 5.74) is 2.70. The number of nitrogens with zero attached hydrogens (tertiary/aromatic N) is 2. The lowest BCUT2D eigenvalue weighted by molar-refractivity contribution is 1.24. The number of aromatic nitrogens is 2. The molecule has 2 nitrogen and oxygen atoms in total. The zero-order valence-electron chi connectivity index (χ0n) is 8.04. The monoisotopic (exact) mass is 238 g/mol. The Kier molecular flexibility index (Phi) is 2.89. The first kappa shape index (κ1) is 10.4. The van der Waals surface area contributed by atoms with E-state index in [0.717, 1.165) is 16.8 Å². The van der Waals surface area contributed by atoms with Crippen LogP contribution in [0.2, 0.25) is 10.3 Å². The lowest BCUT2D eigenvalue weighted by Gasteiger charge is -2.05. The fraction of sp³-hybridized carbons (Fsp3) is 0.0909. The molecule has 0 radical (unpaired) electrons. The van der Waals surface area contributed by atoms with Crippen molar-refractivity contribution in [3.8, 4) is 11.3 Å². The molecular weight excluding hydrogens is 231 g/mol. The van der Waals surface area contributed by atoms with Gasteiger partial charge in [-0.3, -0.25) is 4.98 Å². The summed E-state index contributed by atoms with van der Waals surface area (Å²) in [7, 11) is 0. The molecule has 0 bridgehead atoms. The quantitative estimate of drug-likeness (QED) is 0.708. The molecule has 0 aromatic carbocycles. The molecule has 2 heterocycles. The second-order valence-electron chi connectivity index (χ2n) is 3.14. The zero-order valence-corrected chi connectivity index (χ0v) is 9.55. The molecule has 2 aromatic rings. The van der Waals surface area contributed by atoms with E-state index in [9.17, 15) is 0 Å². The molecule has 0 N–H and O–H groups in total. The molecule has 2 aromatic heterocycles. The van der Waals surface area contributed by atoms with Crippen molar-refractivity contribution in [2.45, 2.75) is 6.92 Å². The van der Waals surface area contributed by atoms with Crippen LogP contribution in [0.5, 0.6) is 0 Å². The van der Waals surface area contributed by atoms with Crippen molar-refractivity contribution in [2.24, 2.45) is 0 Å². The summed E-state index contributed by atoms with van der Waals surface area (Å²) in [4.78, 5) is 8.25. The first-order chi connectivity index (χ1) is 7.18. The van der Waals surface area contributed by atoms with E-state index in [1.165, 1.54) is 0 Å². The fourth-order valence-electron chi connectivity index (χ4n) is 1.36. The molecule has 0 saturated heterocycles. The number of aryl methyl sites for hydroxylation is 1. The van der Waals surface area contributed by atoms with E-state index in [2.05, 4.69) is 9.97 Å².